The highest BCUT2D eigenvalue weighted by molar-refractivity contribution is 5.98. The van der Waals surface area contributed by atoms with E-state index in [9.17, 15) is 14.4 Å². The van der Waals surface area contributed by atoms with Gasteiger partial charge in [-0.25, -0.2) is 0 Å². The molecule has 0 aromatic heterocycles. The van der Waals surface area contributed by atoms with Gasteiger partial charge in [0, 0.05) is 11.1 Å². The molecular weight excluding hydrogens is 382 g/mol. The van der Waals surface area contributed by atoms with Crippen LogP contribution in [0.3, 0.4) is 0 Å². The van der Waals surface area contributed by atoms with Crippen LogP contribution in [0.2, 0.25) is 0 Å². The molecule has 0 atom stereocenters. The molecular formula is C23H21N3O4. The van der Waals surface area contributed by atoms with Crippen molar-refractivity contribution >= 4 is 17.7 Å². The lowest BCUT2D eigenvalue weighted by atomic mass is 10.0. The molecule has 0 heterocycles. The van der Waals surface area contributed by atoms with Crippen LogP contribution in [-0.4, -0.2) is 31.4 Å². The number of hydrogen-bond donors (Lipinski definition) is 3. The van der Waals surface area contributed by atoms with Crippen molar-refractivity contribution in [3.8, 4) is 16.9 Å². The van der Waals surface area contributed by atoms with E-state index in [1.807, 2.05) is 42.5 Å². The lowest BCUT2D eigenvalue weighted by Gasteiger charge is -2.09. The quantitative estimate of drug-likeness (QED) is 0.551. The van der Waals surface area contributed by atoms with E-state index in [0.717, 1.165) is 11.1 Å². The Morgan fingerprint density at radius 2 is 1.43 bits per heavy atom. The van der Waals surface area contributed by atoms with Gasteiger partial charge in [-0.1, -0.05) is 48.5 Å². The molecule has 0 saturated carbocycles. The summed E-state index contributed by atoms with van der Waals surface area (Å²) in [5.41, 5.74) is 7.36. The van der Waals surface area contributed by atoms with Crippen molar-refractivity contribution in [2.45, 2.75) is 0 Å². The van der Waals surface area contributed by atoms with Crippen LogP contribution in [0, 0.1) is 0 Å². The van der Waals surface area contributed by atoms with E-state index in [1.165, 1.54) is 7.11 Å². The molecule has 0 aliphatic heterocycles. The van der Waals surface area contributed by atoms with E-state index in [4.69, 9.17) is 4.74 Å². The summed E-state index contributed by atoms with van der Waals surface area (Å²) in [5.74, 6) is -0.908. The maximum absolute atomic E-state index is 12.2. The van der Waals surface area contributed by atoms with Crippen LogP contribution in [0.25, 0.3) is 11.1 Å². The summed E-state index contributed by atoms with van der Waals surface area (Å²) in [4.78, 5) is 36.2. The van der Waals surface area contributed by atoms with E-state index in [0.29, 0.717) is 16.9 Å². The highest BCUT2D eigenvalue weighted by atomic mass is 16.5. The average molecular weight is 403 g/mol. The Balaban J connectivity index is 1.47. The van der Waals surface area contributed by atoms with Gasteiger partial charge in [0.15, 0.2) is 0 Å². The van der Waals surface area contributed by atoms with Gasteiger partial charge in [-0.15, -0.1) is 0 Å². The Morgan fingerprint density at radius 1 is 0.733 bits per heavy atom. The summed E-state index contributed by atoms with van der Waals surface area (Å²) < 4.78 is 5.06. The molecule has 3 aromatic carbocycles. The fourth-order valence-electron chi connectivity index (χ4n) is 2.71. The van der Waals surface area contributed by atoms with Gasteiger partial charge < -0.3 is 10.1 Å². The van der Waals surface area contributed by atoms with Crippen molar-refractivity contribution in [3.63, 3.8) is 0 Å². The van der Waals surface area contributed by atoms with Gasteiger partial charge >= 0.3 is 0 Å². The number of carbonyl (C=O) groups is 3. The Labute approximate surface area is 174 Å². The number of carbonyl (C=O) groups excluding carboxylic acids is 3. The fourth-order valence-corrected chi connectivity index (χ4v) is 2.71. The van der Waals surface area contributed by atoms with Gasteiger partial charge in [0.1, 0.15) is 5.75 Å². The zero-order chi connectivity index (χ0) is 21.3. The van der Waals surface area contributed by atoms with Crippen LogP contribution in [0.15, 0.2) is 78.9 Å². The first-order valence-electron chi connectivity index (χ1n) is 9.24. The lowest BCUT2D eigenvalue weighted by molar-refractivity contribution is -0.120. The Bertz CT molecular complexity index is 1030. The molecule has 3 N–H and O–H groups in total. The first-order chi connectivity index (χ1) is 14.6. The van der Waals surface area contributed by atoms with Gasteiger partial charge in [-0.2, -0.15) is 0 Å². The van der Waals surface area contributed by atoms with Crippen molar-refractivity contribution in [2.24, 2.45) is 0 Å². The second kappa shape index (κ2) is 9.88. The third kappa shape index (κ3) is 5.45. The standard InChI is InChI=1S/C23H21N3O4/c1-30-20-9-5-8-19(14-20)23(29)26-25-21(27)15-24-22(28)18-12-10-17(11-13-18)16-6-3-2-4-7-16/h2-14H,15H2,1H3,(H,24,28)(H,25,27)(H,26,29). The van der Waals surface area contributed by atoms with E-state index in [2.05, 4.69) is 16.2 Å². The van der Waals surface area contributed by atoms with E-state index in [-0.39, 0.29) is 12.5 Å². The smallest absolute Gasteiger partial charge is 0.269 e. The number of amides is 3. The minimum atomic E-state index is -0.555. The van der Waals surface area contributed by atoms with Crippen LogP contribution >= 0.6 is 0 Å². The van der Waals surface area contributed by atoms with Crippen molar-refractivity contribution < 1.29 is 19.1 Å². The van der Waals surface area contributed by atoms with E-state index < -0.39 is 11.8 Å². The Hall–Kier alpha value is -4.13. The zero-order valence-electron chi connectivity index (χ0n) is 16.3. The predicted octanol–water partition coefficient (Wildman–Crippen LogP) is 2.55. The van der Waals surface area contributed by atoms with Crippen molar-refractivity contribution in [2.75, 3.05) is 13.7 Å². The molecule has 0 aliphatic carbocycles. The van der Waals surface area contributed by atoms with Crippen molar-refractivity contribution in [1.82, 2.24) is 16.2 Å². The topological polar surface area (TPSA) is 96.5 Å². The third-order valence-corrected chi connectivity index (χ3v) is 4.31. The van der Waals surface area contributed by atoms with Crippen LogP contribution in [0.1, 0.15) is 20.7 Å². The van der Waals surface area contributed by atoms with Gasteiger partial charge in [0.05, 0.1) is 13.7 Å². The normalized spacial score (nSPS) is 10.0. The first kappa shape index (κ1) is 20.6. The largest absolute Gasteiger partial charge is 0.497 e. The van der Waals surface area contributed by atoms with Gasteiger partial charge in [-0.05, 0) is 41.5 Å². The average Bonchev–Trinajstić information content (AvgIpc) is 2.81. The Morgan fingerprint density at radius 3 is 2.13 bits per heavy atom. The summed E-state index contributed by atoms with van der Waals surface area (Å²) in [6.07, 6.45) is 0. The lowest BCUT2D eigenvalue weighted by Crippen LogP contribution is -2.46. The molecule has 3 amide bonds. The van der Waals surface area contributed by atoms with Crippen molar-refractivity contribution in [1.29, 1.82) is 0 Å². The fraction of sp³-hybridized carbons (Fsp3) is 0.0870. The maximum atomic E-state index is 12.2. The summed E-state index contributed by atoms with van der Waals surface area (Å²) in [5, 5.41) is 2.52. The number of nitrogens with one attached hydrogen (secondary N) is 3. The highest BCUT2D eigenvalue weighted by Gasteiger charge is 2.11. The molecule has 0 bridgehead atoms. The van der Waals surface area contributed by atoms with Gasteiger partial charge in [0.2, 0.25) is 0 Å². The number of methoxy groups -OCH3 is 1. The van der Waals surface area contributed by atoms with Crippen LogP contribution in [0.4, 0.5) is 0 Å². The molecule has 0 radical (unpaired) electrons. The number of hydrogen-bond acceptors (Lipinski definition) is 4. The van der Waals surface area contributed by atoms with Gasteiger partial charge in [-0.3, -0.25) is 25.2 Å². The highest BCUT2D eigenvalue weighted by Crippen LogP contribution is 2.19. The summed E-state index contributed by atoms with van der Waals surface area (Å²) in [6, 6.07) is 23.4. The predicted molar refractivity (Wildman–Crippen MR) is 113 cm³/mol. The molecule has 0 spiro atoms. The van der Waals surface area contributed by atoms with Crippen LogP contribution in [-0.2, 0) is 4.79 Å². The minimum absolute atomic E-state index is 0.280. The molecule has 0 unspecified atom stereocenters. The molecule has 7 heteroatoms. The molecule has 152 valence electrons. The van der Waals surface area contributed by atoms with E-state index in [1.54, 1.807) is 36.4 Å². The van der Waals surface area contributed by atoms with Crippen LogP contribution < -0.4 is 20.9 Å². The molecule has 0 saturated heterocycles. The Kier molecular flexibility index (Phi) is 6.78. The number of hydrazine groups is 1. The number of ether oxygens (including phenoxy) is 1. The SMILES string of the molecule is COc1cccc(C(=O)NNC(=O)CNC(=O)c2ccc(-c3ccccc3)cc2)c1. The molecule has 7 nitrogen and oxygen atoms in total. The molecule has 0 fully saturated rings. The molecule has 3 rings (SSSR count). The first-order valence-corrected chi connectivity index (χ1v) is 9.24. The van der Waals surface area contributed by atoms with Crippen molar-refractivity contribution in [3.05, 3.63) is 90.0 Å². The molecule has 30 heavy (non-hydrogen) atoms. The molecule has 3 aromatic rings. The monoisotopic (exact) mass is 403 g/mol. The second-order valence-corrected chi connectivity index (χ2v) is 6.36. The number of rotatable bonds is 6. The third-order valence-electron chi connectivity index (χ3n) is 4.31. The number of benzene rings is 3. The molecule has 0 aliphatic rings. The summed E-state index contributed by atoms with van der Waals surface area (Å²) in [7, 11) is 1.50. The summed E-state index contributed by atoms with van der Waals surface area (Å²) >= 11 is 0. The van der Waals surface area contributed by atoms with Crippen LogP contribution in [0.5, 0.6) is 5.75 Å². The summed E-state index contributed by atoms with van der Waals surface area (Å²) in [6.45, 7) is -0.280. The van der Waals surface area contributed by atoms with Gasteiger partial charge in [0.25, 0.3) is 17.7 Å². The zero-order valence-corrected chi connectivity index (χ0v) is 16.3. The van der Waals surface area contributed by atoms with E-state index >= 15 is 0 Å². The second-order valence-electron chi connectivity index (χ2n) is 6.36. The maximum Gasteiger partial charge on any atom is 0.269 e. The minimum Gasteiger partial charge on any atom is -0.497 e.